The van der Waals surface area contributed by atoms with E-state index in [1.165, 1.54) is 6.42 Å². The monoisotopic (exact) mass is 283 g/mol. The van der Waals surface area contributed by atoms with Crippen molar-refractivity contribution in [2.75, 3.05) is 12.4 Å². The van der Waals surface area contributed by atoms with E-state index in [0.29, 0.717) is 0 Å². The molecule has 0 aromatic heterocycles. The summed E-state index contributed by atoms with van der Waals surface area (Å²) in [5.41, 5.74) is 0.781. The van der Waals surface area contributed by atoms with Crippen molar-refractivity contribution < 1.29 is 9.53 Å². The maximum atomic E-state index is 11.7. The number of methoxy groups -OCH3 is 1. The molecule has 1 aromatic carbocycles. The van der Waals surface area contributed by atoms with Gasteiger partial charge < -0.3 is 10.1 Å². The van der Waals surface area contributed by atoms with Crippen LogP contribution in [0.3, 0.4) is 0 Å². The molecule has 0 radical (unpaired) electrons. The molecular formula is C12H14BrNO2. The molecule has 0 saturated heterocycles. The smallest absolute Gasteiger partial charge is 0.227 e. The molecular weight excluding hydrogens is 270 g/mol. The van der Waals surface area contributed by atoms with Crippen LogP contribution in [-0.4, -0.2) is 13.0 Å². The van der Waals surface area contributed by atoms with Crippen molar-refractivity contribution >= 4 is 27.5 Å². The Kier molecular flexibility index (Phi) is 3.49. The molecule has 1 N–H and O–H groups in total. The van der Waals surface area contributed by atoms with Crippen LogP contribution in [0.15, 0.2) is 22.7 Å². The average molecular weight is 284 g/mol. The number of benzene rings is 1. The van der Waals surface area contributed by atoms with Gasteiger partial charge in [-0.2, -0.15) is 0 Å². The summed E-state index contributed by atoms with van der Waals surface area (Å²) in [4.78, 5) is 11.7. The van der Waals surface area contributed by atoms with Crippen molar-refractivity contribution in [2.45, 2.75) is 19.3 Å². The van der Waals surface area contributed by atoms with E-state index < -0.39 is 0 Å². The number of carbonyl (C=O) groups excluding carboxylic acids is 1. The fourth-order valence-electron chi connectivity index (χ4n) is 1.67. The summed E-state index contributed by atoms with van der Waals surface area (Å²) in [5.74, 6) is 1.05. The van der Waals surface area contributed by atoms with Gasteiger partial charge in [-0.3, -0.25) is 4.79 Å². The number of carbonyl (C=O) groups is 1. The van der Waals surface area contributed by atoms with Gasteiger partial charge in [-0.15, -0.1) is 0 Å². The number of rotatable bonds is 3. The number of nitrogens with one attached hydrogen (secondary N) is 1. The summed E-state index contributed by atoms with van der Waals surface area (Å²) in [6.45, 7) is 0. The summed E-state index contributed by atoms with van der Waals surface area (Å²) in [6.07, 6.45) is 3.19. The van der Waals surface area contributed by atoms with Crippen LogP contribution < -0.4 is 10.1 Å². The maximum Gasteiger partial charge on any atom is 0.227 e. The Morgan fingerprint density at radius 1 is 1.44 bits per heavy atom. The Bertz CT molecular complexity index is 402. The lowest BCUT2D eigenvalue weighted by Gasteiger charge is -2.24. The van der Waals surface area contributed by atoms with Crippen molar-refractivity contribution in [3.63, 3.8) is 0 Å². The highest BCUT2D eigenvalue weighted by Gasteiger charge is 2.25. The van der Waals surface area contributed by atoms with Gasteiger partial charge in [-0.1, -0.05) is 22.4 Å². The third-order valence-corrected chi connectivity index (χ3v) is 3.31. The first kappa shape index (κ1) is 11.5. The van der Waals surface area contributed by atoms with Crippen LogP contribution in [-0.2, 0) is 4.79 Å². The van der Waals surface area contributed by atoms with Crippen molar-refractivity contribution in [2.24, 2.45) is 5.92 Å². The van der Waals surface area contributed by atoms with Crippen LogP contribution in [0.2, 0.25) is 0 Å². The molecule has 0 bridgehead atoms. The molecule has 2 rings (SSSR count). The van der Waals surface area contributed by atoms with Crippen LogP contribution in [0.25, 0.3) is 0 Å². The Morgan fingerprint density at radius 3 is 2.75 bits per heavy atom. The lowest BCUT2D eigenvalue weighted by Crippen LogP contribution is -2.28. The minimum Gasteiger partial charge on any atom is -0.497 e. The Labute approximate surface area is 103 Å². The zero-order valence-electron chi connectivity index (χ0n) is 9.13. The van der Waals surface area contributed by atoms with Crippen LogP contribution in [0.5, 0.6) is 5.75 Å². The fourth-order valence-corrected chi connectivity index (χ4v) is 2.14. The van der Waals surface area contributed by atoms with E-state index in [0.717, 1.165) is 28.8 Å². The first-order valence-corrected chi connectivity index (χ1v) is 6.14. The summed E-state index contributed by atoms with van der Waals surface area (Å²) in [5, 5.41) is 2.91. The maximum absolute atomic E-state index is 11.7. The van der Waals surface area contributed by atoms with Gasteiger partial charge in [0, 0.05) is 22.1 Å². The van der Waals surface area contributed by atoms with Gasteiger partial charge in [-0.05, 0) is 25.0 Å². The summed E-state index contributed by atoms with van der Waals surface area (Å²) in [7, 11) is 1.61. The minimum absolute atomic E-state index is 0.117. The first-order valence-electron chi connectivity index (χ1n) is 5.34. The first-order chi connectivity index (χ1) is 7.69. The van der Waals surface area contributed by atoms with E-state index in [1.807, 2.05) is 18.2 Å². The predicted molar refractivity (Wildman–Crippen MR) is 66.7 cm³/mol. The van der Waals surface area contributed by atoms with Gasteiger partial charge in [0.1, 0.15) is 5.75 Å². The number of hydrogen-bond acceptors (Lipinski definition) is 2. The van der Waals surface area contributed by atoms with Crippen LogP contribution >= 0.6 is 15.9 Å². The van der Waals surface area contributed by atoms with Gasteiger partial charge in [0.15, 0.2) is 0 Å². The highest BCUT2D eigenvalue weighted by atomic mass is 79.9. The van der Waals surface area contributed by atoms with Crippen LogP contribution in [0.4, 0.5) is 5.69 Å². The Hall–Kier alpha value is -1.03. The topological polar surface area (TPSA) is 38.3 Å². The molecule has 3 nitrogen and oxygen atoms in total. The standard InChI is InChI=1S/C12H14BrNO2/c1-16-11-6-9(13)5-10(7-11)14-12(15)8-3-2-4-8/h5-8H,2-4H2,1H3,(H,14,15). The minimum atomic E-state index is 0.117. The second kappa shape index (κ2) is 4.87. The highest BCUT2D eigenvalue weighted by Crippen LogP contribution is 2.29. The van der Waals surface area contributed by atoms with E-state index in [1.54, 1.807) is 7.11 Å². The molecule has 1 aliphatic carbocycles. The lowest BCUT2D eigenvalue weighted by molar-refractivity contribution is -0.122. The van der Waals surface area contributed by atoms with Crippen LogP contribution in [0, 0.1) is 5.92 Å². The molecule has 16 heavy (non-hydrogen) atoms. The molecule has 1 fully saturated rings. The molecule has 1 aliphatic rings. The third-order valence-electron chi connectivity index (χ3n) is 2.85. The second-order valence-electron chi connectivity index (χ2n) is 4.00. The summed E-state index contributed by atoms with van der Waals surface area (Å²) >= 11 is 3.38. The summed E-state index contributed by atoms with van der Waals surface area (Å²) < 4.78 is 6.04. The molecule has 0 atom stereocenters. The van der Waals surface area contributed by atoms with Crippen LogP contribution in [0.1, 0.15) is 19.3 Å². The molecule has 0 heterocycles. The van der Waals surface area contributed by atoms with E-state index in [4.69, 9.17) is 4.74 Å². The van der Waals surface area contributed by atoms with Crippen molar-refractivity contribution in [3.8, 4) is 5.75 Å². The van der Waals surface area contributed by atoms with Gasteiger partial charge in [0.05, 0.1) is 7.11 Å². The molecule has 0 unspecified atom stereocenters. The number of amides is 1. The predicted octanol–water partition coefficient (Wildman–Crippen LogP) is 3.20. The Balaban J connectivity index is 2.07. The largest absolute Gasteiger partial charge is 0.497 e. The van der Waals surface area contributed by atoms with E-state index in [2.05, 4.69) is 21.2 Å². The normalized spacial score (nSPS) is 15.4. The van der Waals surface area contributed by atoms with Crippen molar-refractivity contribution in [3.05, 3.63) is 22.7 Å². The number of ether oxygens (including phenoxy) is 1. The van der Waals surface area contributed by atoms with E-state index >= 15 is 0 Å². The van der Waals surface area contributed by atoms with E-state index in [9.17, 15) is 4.79 Å². The van der Waals surface area contributed by atoms with Gasteiger partial charge in [-0.25, -0.2) is 0 Å². The molecule has 1 aromatic rings. The number of anilines is 1. The summed E-state index contributed by atoms with van der Waals surface area (Å²) in [6, 6.07) is 5.55. The highest BCUT2D eigenvalue weighted by molar-refractivity contribution is 9.10. The molecule has 86 valence electrons. The SMILES string of the molecule is COc1cc(Br)cc(NC(=O)C2CCC2)c1. The number of hydrogen-bond donors (Lipinski definition) is 1. The van der Waals surface area contributed by atoms with Gasteiger partial charge in [0.25, 0.3) is 0 Å². The zero-order chi connectivity index (χ0) is 11.5. The quantitative estimate of drug-likeness (QED) is 0.925. The number of halogens is 1. The third kappa shape index (κ3) is 2.55. The average Bonchev–Trinajstić information content (AvgIpc) is 2.13. The zero-order valence-corrected chi connectivity index (χ0v) is 10.7. The second-order valence-corrected chi connectivity index (χ2v) is 4.91. The molecule has 0 aliphatic heterocycles. The fraction of sp³-hybridized carbons (Fsp3) is 0.417. The lowest BCUT2D eigenvalue weighted by atomic mass is 9.85. The van der Waals surface area contributed by atoms with Crippen molar-refractivity contribution in [1.29, 1.82) is 0 Å². The molecule has 4 heteroatoms. The Morgan fingerprint density at radius 2 is 2.19 bits per heavy atom. The van der Waals surface area contributed by atoms with Gasteiger partial charge >= 0.3 is 0 Å². The van der Waals surface area contributed by atoms with Crippen molar-refractivity contribution in [1.82, 2.24) is 0 Å². The van der Waals surface area contributed by atoms with Gasteiger partial charge in [0.2, 0.25) is 5.91 Å². The molecule has 0 spiro atoms. The molecule has 1 saturated carbocycles. The molecule has 1 amide bonds. The van der Waals surface area contributed by atoms with E-state index in [-0.39, 0.29) is 11.8 Å².